The van der Waals surface area contributed by atoms with Crippen LogP contribution in [0.15, 0.2) is 91.0 Å². The molecule has 150 valence electrons. The number of benzene rings is 3. The highest BCUT2D eigenvalue weighted by Gasteiger charge is 2.29. The Labute approximate surface area is 178 Å². The molecule has 3 aromatic carbocycles. The average molecular weight is 406 g/mol. The number of amides is 1. The highest BCUT2D eigenvalue weighted by atomic mass is 16.2. The largest absolute Gasteiger partial charge is 0.382 e. The van der Waals surface area contributed by atoms with Crippen molar-refractivity contribution in [2.24, 2.45) is 0 Å². The van der Waals surface area contributed by atoms with E-state index in [1.165, 1.54) is 0 Å². The topological polar surface area (TPSA) is 98.7 Å². The molecule has 0 radical (unpaired) electrons. The summed E-state index contributed by atoms with van der Waals surface area (Å²) in [7, 11) is 0. The first-order chi connectivity index (χ1) is 15.2. The molecule has 0 saturated carbocycles. The first-order valence-electron chi connectivity index (χ1n) is 9.74. The van der Waals surface area contributed by atoms with Crippen molar-refractivity contribution in [2.45, 2.75) is 0 Å². The summed E-state index contributed by atoms with van der Waals surface area (Å²) >= 11 is 0. The van der Waals surface area contributed by atoms with Crippen LogP contribution in [0.4, 0.5) is 11.5 Å². The predicted octanol–water partition coefficient (Wildman–Crippen LogP) is 4.27. The monoisotopic (exact) mass is 406 g/mol. The maximum absolute atomic E-state index is 13.4. The van der Waals surface area contributed by atoms with E-state index >= 15 is 0 Å². The Balaban J connectivity index is 1.78. The highest BCUT2D eigenvalue weighted by molar-refractivity contribution is 6.10. The van der Waals surface area contributed by atoms with Crippen molar-refractivity contribution in [3.8, 4) is 28.2 Å². The second kappa shape index (κ2) is 7.72. The van der Waals surface area contributed by atoms with Crippen LogP contribution in [0.5, 0.6) is 0 Å². The molecule has 0 saturated heterocycles. The van der Waals surface area contributed by atoms with E-state index in [1.807, 2.05) is 91.0 Å². The summed E-state index contributed by atoms with van der Waals surface area (Å²) in [5, 5.41) is 16.0. The Morgan fingerprint density at radius 1 is 0.774 bits per heavy atom. The lowest BCUT2D eigenvalue weighted by molar-refractivity contribution is 0.102. The fourth-order valence-corrected chi connectivity index (χ4v) is 3.53. The van der Waals surface area contributed by atoms with Crippen molar-refractivity contribution in [1.82, 2.24) is 20.0 Å². The molecule has 0 unspecified atom stereocenters. The van der Waals surface area contributed by atoms with Crippen LogP contribution in [0.1, 0.15) is 10.5 Å². The number of hydrogen-bond acceptors (Lipinski definition) is 5. The fourth-order valence-electron chi connectivity index (χ4n) is 3.53. The van der Waals surface area contributed by atoms with Crippen LogP contribution in [-0.4, -0.2) is 25.9 Å². The summed E-state index contributed by atoms with van der Waals surface area (Å²) in [6.07, 6.45) is 0. The molecule has 2 aliphatic rings. The summed E-state index contributed by atoms with van der Waals surface area (Å²) < 4.78 is 1.60. The van der Waals surface area contributed by atoms with Crippen molar-refractivity contribution in [1.29, 1.82) is 0 Å². The van der Waals surface area contributed by atoms with E-state index in [1.54, 1.807) is 4.68 Å². The van der Waals surface area contributed by atoms with Crippen molar-refractivity contribution in [3.05, 3.63) is 96.7 Å². The van der Waals surface area contributed by atoms with Gasteiger partial charge in [0.1, 0.15) is 0 Å². The van der Waals surface area contributed by atoms with Gasteiger partial charge in [-0.05, 0) is 29.8 Å². The van der Waals surface area contributed by atoms with Gasteiger partial charge in [0.25, 0.3) is 5.91 Å². The molecule has 0 aliphatic carbocycles. The SMILES string of the molecule is Nc1nnc2n(-c3ccccc3)nc(C(=O)Nc3ccccc3)c(-c3ccccc3)c1-2. The summed E-state index contributed by atoms with van der Waals surface area (Å²) in [5.74, 6) is 0.380. The van der Waals surface area contributed by atoms with Crippen LogP contribution in [-0.2, 0) is 0 Å². The lowest BCUT2D eigenvalue weighted by Crippen LogP contribution is -2.20. The molecule has 3 aromatic rings. The van der Waals surface area contributed by atoms with Gasteiger partial charge in [0.05, 0.1) is 11.3 Å². The molecule has 0 spiro atoms. The van der Waals surface area contributed by atoms with Gasteiger partial charge < -0.3 is 11.1 Å². The van der Waals surface area contributed by atoms with Crippen LogP contribution in [0.25, 0.3) is 28.2 Å². The zero-order chi connectivity index (χ0) is 21.2. The number of hydrogen-bond donors (Lipinski definition) is 2. The van der Waals surface area contributed by atoms with E-state index in [-0.39, 0.29) is 17.4 Å². The van der Waals surface area contributed by atoms with Gasteiger partial charge >= 0.3 is 0 Å². The normalized spacial score (nSPS) is 10.8. The number of nitrogens with two attached hydrogens (primary N) is 1. The Morgan fingerprint density at radius 3 is 2.06 bits per heavy atom. The van der Waals surface area contributed by atoms with E-state index in [4.69, 9.17) is 10.8 Å². The number of rotatable bonds is 4. The lowest BCUT2D eigenvalue weighted by atomic mass is 9.97. The molecule has 0 aromatic heterocycles. The van der Waals surface area contributed by atoms with Gasteiger partial charge in [-0.15, -0.1) is 10.2 Å². The van der Waals surface area contributed by atoms with Crippen LogP contribution in [0, 0.1) is 0 Å². The van der Waals surface area contributed by atoms with Gasteiger partial charge in [-0.3, -0.25) is 4.79 Å². The predicted molar refractivity (Wildman–Crippen MR) is 120 cm³/mol. The molecule has 3 N–H and O–H groups in total. The van der Waals surface area contributed by atoms with Crippen molar-refractivity contribution in [3.63, 3.8) is 0 Å². The molecule has 0 atom stereocenters. The number of carbonyl (C=O) groups is 1. The third-order valence-corrected chi connectivity index (χ3v) is 4.93. The molecule has 2 aliphatic heterocycles. The average Bonchev–Trinajstić information content (AvgIpc) is 3.21. The Morgan fingerprint density at radius 2 is 1.39 bits per heavy atom. The van der Waals surface area contributed by atoms with E-state index in [9.17, 15) is 4.79 Å². The maximum atomic E-state index is 13.4. The summed E-state index contributed by atoms with van der Waals surface area (Å²) in [6, 6.07) is 28.3. The Hall–Kier alpha value is -4.52. The number of nitrogen functional groups attached to an aromatic ring is 1. The number of para-hydroxylation sites is 2. The number of nitrogens with one attached hydrogen (secondary N) is 1. The number of anilines is 2. The molecule has 0 bridgehead atoms. The molecule has 0 fully saturated rings. The molecule has 7 heteroatoms. The number of aromatic nitrogens is 4. The quantitative estimate of drug-likeness (QED) is 0.464. The minimum absolute atomic E-state index is 0.230. The van der Waals surface area contributed by atoms with Crippen LogP contribution in [0.2, 0.25) is 0 Å². The Kier molecular flexibility index (Phi) is 4.61. The van der Waals surface area contributed by atoms with Gasteiger partial charge in [-0.1, -0.05) is 66.7 Å². The van der Waals surface area contributed by atoms with E-state index in [0.29, 0.717) is 22.6 Å². The van der Waals surface area contributed by atoms with Gasteiger partial charge in [0.15, 0.2) is 17.3 Å². The molecule has 7 nitrogen and oxygen atoms in total. The fraction of sp³-hybridized carbons (Fsp3) is 0. The number of carbonyl (C=O) groups excluding carboxylic acids is 1. The van der Waals surface area contributed by atoms with Crippen molar-refractivity contribution >= 4 is 17.4 Å². The van der Waals surface area contributed by atoms with Gasteiger partial charge in [-0.25, -0.2) is 4.68 Å². The zero-order valence-corrected chi connectivity index (χ0v) is 16.4. The van der Waals surface area contributed by atoms with Crippen molar-refractivity contribution < 1.29 is 4.79 Å². The third kappa shape index (κ3) is 3.38. The summed E-state index contributed by atoms with van der Waals surface area (Å²) in [4.78, 5) is 13.4. The molecule has 5 rings (SSSR count). The highest BCUT2D eigenvalue weighted by Crippen LogP contribution is 2.39. The molecule has 31 heavy (non-hydrogen) atoms. The Bertz CT molecular complexity index is 1320. The van der Waals surface area contributed by atoms with Gasteiger partial charge in [-0.2, -0.15) is 5.10 Å². The standard InChI is InChI=1S/C24H18N6O/c25-22-20-19(16-10-4-1-5-11-16)21(24(31)26-17-12-6-2-7-13-17)29-30(23(20)28-27-22)18-14-8-3-9-15-18/h1-15H,(H2,25,27)(H,26,31). The van der Waals surface area contributed by atoms with Crippen molar-refractivity contribution in [2.75, 3.05) is 11.1 Å². The minimum atomic E-state index is -0.350. The second-order valence-electron chi connectivity index (χ2n) is 6.94. The smallest absolute Gasteiger partial charge is 0.276 e. The molecular formula is C24H18N6O. The molecule has 1 amide bonds. The molecule has 2 heterocycles. The van der Waals surface area contributed by atoms with Crippen LogP contribution in [0.3, 0.4) is 0 Å². The first kappa shape index (κ1) is 18.5. The van der Waals surface area contributed by atoms with E-state index in [0.717, 1.165) is 11.3 Å². The molecular weight excluding hydrogens is 388 g/mol. The maximum Gasteiger partial charge on any atom is 0.276 e. The number of fused-ring (bicyclic) bond motifs is 1. The zero-order valence-electron chi connectivity index (χ0n) is 16.4. The van der Waals surface area contributed by atoms with E-state index < -0.39 is 0 Å². The summed E-state index contributed by atoms with van der Waals surface area (Å²) in [6.45, 7) is 0. The first-order valence-corrected chi connectivity index (χ1v) is 9.74. The lowest BCUT2D eigenvalue weighted by Gasteiger charge is -2.18. The summed E-state index contributed by atoms with van der Waals surface area (Å²) in [5.41, 5.74) is 9.88. The van der Waals surface area contributed by atoms with Crippen LogP contribution < -0.4 is 11.1 Å². The minimum Gasteiger partial charge on any atom is -0.382 e. The third-order valence-electron chi connectivity index (χ3n) is 4.93. The number of nitrogens with zero attached hydrogens (tertiary/aromatic N) is 4. The second-order valence-corrected chi connectivity index (χ2v) is 6.94. The van der Waals surface area contributed by atoms with Gasteiger partial charge in [0.2, 0.25) is 0 Å². The van der Waals surface area contributed by atoms with E-state index in [2.05, 4.69) is 15.5 Å². The van der Waals surface area contributed by atoms with Crippen LogP contribution >= 0.6 is 0 Å². The van der Waals surface area contributed by atoms with Gasteiger partial charge in [0, 0.05) is 11.3 Å².